The summed E-state index contributed by atoms with van der Waals surface area (Å²) >= 11 is 0. The van der Waals surface area contributed by atoms with Crippen LogP contribution in [0.25, 0.3) is 5.57 Å². The highest BCUT2D eigenvalue weighted by molar-refractivity contribution is 5.81. The Labute approximate surface area is 181 Å². The first-order valence-electron chi connectivity index (χ1n) is 10.5. The first-order chi connectivity index (χ1) is 14.6. The minimum Gasteiger partial charge on any atom is -0.329 e. The van der Waals surface area contributed by atoms with Crippen molar-refractivity contribution in [3.8, 4) is 0 Å². The summed E-state index contributed by atoms with van der Waals surface area (Å²) in [7, 11) is 0. The molecule has 0 heterocycles. The lowest BCUT2D eigenvalue weighted by atomic mass is 9.94. The molecule has 0 amide bonds. The van der Waals surface area contributed by atoms with Crippen molar-refractivity contribution in [2.45, 2.75) is 32.2 Å². The Morgan fingerprint density at radius 2 is 1.60 bits per heavy atom. The third kappa shape index (κ3) is 4.16. The molecule has 0 saturated carbocycles. The van der Waals surface area contributed by atoms with Gasteiger partial charge in [-0.25, -0.2) is 0 Å². The Balaban J connectivity index is 2.17. The number of fused-ring (bicyclic) bond motifs is 1. The van der Waals surface area contributed by atoms with Gasteiger partial charge in [0.05, 0.1) is 5.54 Å². The zero-order chi connectivity index (χ0) is 21.6. The fraction of sp³-hybridized carbons (Fsp3) is 0.172. The molecule has 152 valence electrons. The van der Waals surface area contributed by atoms with E-state index in [-0.39, 0.29) is 0 Å². The minimum atomic E-state index is -0.390. The molecule has 0 spiro atoms. The third-order valence-electron chi connectivity index (χ3n) is 5.68. The number of hydrogen-bond donors (Lipinski definition) is 0. The molecule has 0 aromatic heterocycles. The molecule has 1 aliphatic rings. The maximum Gasteiger partial charge on any atom is 0.0794 e. The Hall–Kier alpha value is -3.32. The summed E-state index contributed by atoms with van der Waals surface area (Å²) in [5.74, 6) is 0. The van der Waals surface area contributed by atoms with E-state index in [2.05, 4.69) is 99.2 Å². The van der Waals surface area contributed by atoms with Crippen molar-refractivity contribution >= 4 is 16.9 Å². The normalized spacial score (nSPS) is 13.7. The van der Waals surface area contributed by atoms with E-state index in [1.165, 1.54) is 22.3 Å². The van der Waals surface area contributed by atoms with Crippen molar-refractivity contribution in [3.05, 3.63) is 127 Å². The molecule has 0 radical (unpaired) electrons. The molecule has 2 aromatic rings. The Morgan fingerprint density at radius 3 is 2.17 bits per heavy atom. The van der Waals surface area contributed by atoms with Crippen LogP contribution in [-0.4, -0.2) is 5.54 Å². The van der Waals surface area contributed by atoms with Crippen molar-refractivity contribution in [3.63, 3.8) is 0 Å². The number of anilines is 2. The average molecular weight is 394 g/mol. The number of rotatable bonds is 9. The molecule has 0 unspecified atom stereocenters. The summed E-state index contributed by atoms with van der Waals surface area (Å²) in [6, 6.07) is 17.3. The molecule has 0 bridgehead atoms. The minimum absolute atomic E-state index is 0.390. The lowest BCUT2D eigenvalue weighted by Crippen LogP contribution is -2.40. The number of allylic oxidation sites excluding steroid dienone is 7. The summed E-state index contributed by atoms with van der Waals surface area (Å²) < 4.78 is 0. The molecule has 2 aromatic carbocycles. The van der Waals surface area contributed by atoms with Crippen LogP contribution in [0.4, 0.5) is 11.4 Å². The summed E-state index contributed by atoms with van der Waals surface area (Å²) in [5.41, 5.74) is 7.38. The van der Waals surface area contributed by atoms with Crippen LogP contribution in [0.5, 0.6) is 0 Å². The van der Waals surface area contributed by atoms with E-state index in [0.29, 0.717) is 0 Å². The second-order valence-corrected chi connectivity index (χ2v) is 7.67. The molecule has 30 heavy (non-hydrogen) atoms. The highest BCUT2D eigenvalue weighted by Crippen LogP contribution is 2.41. The Kier molecular flexibility index (Phi) is 6.74. The highest BCUT2D eigenvalue weighted by Gasteiger charge is 2.29. The molecule has 1 aliphatic carbocycles. The summed E-state index contributed by atoms with van der Waals surface area (Å²) in [4.78, 5) is 2.37. The largest absolute Gasteiger partial charge is 0.329 e. The van der Waals surface area contributed by atoms with Crippen molar-refractivity contribution in [1.82, 2.24) is 0 Å². The van der Waals surface area contributed by atoms with Gasteiger partial charge in [0.2, 0.25) is 0 Å². The fourth-order valence-corrected chi connectivity index (χ4v) is 4.27. The zero-order valence-electron chi connectivity index (χ0n) is 18.1. The number of nitrogens with zero attached hydrogens (tertiary/aromatic N) is 1. The maximum atomic E-state index is 4.03. The fourth-order valence-electron chi connectivity index (χ4n) is 4.27. The van der Waals surface area contributed by atoms with Crippen LogP contribution in [0.2, 0.25) is 0 Å². The van der Waals surface area contributed by atoms with Gasteiger partial charge in [-0.2, -0.15) is 0 Å². The van der Waals surface area contributed by atoms with Gasteiger partial charge in [-0.3, -0.25) is 0 Å². The van der Waals surface area contributed by atoms with E-state index in [9.17, 15) is 0 Å². The molecular formula is C29H31N. The van der Waals surface area contributed by atoms with Crippen molar-refractivity contribution < 1.29 is 0 Å². The van der Waals surface area contributed by atoms with E-state index in [1.807, 2.05) is 30.4 Å². The Bertz CT molecular complexity index is 1000. The van der Waals surface area contributed by atoms with Crippen molar-refractivity contribution in [2.75, 3.05) is 4.90 Å². The first kappa shape index (κ1) is 21.4. The van der Waals surface area contributed by atoms with E-state index < -0.39 is 5.54 Å². The molecule has 0 saturated heterocycles. The van der Waals surface area contributed by atoms with Gasteiger partial charge in [0.15, 0.2) is 0 Å². The summed E-state index contributed by atoms with van der Waals surface area (Å²) in [6.07, 6.45) is 16.0. The Morgan fingerprint density at radius 1 is 0.933 bits per heavy atom. The second-order valence-electron chi connectivity index (χ2n) is 7.67. The van der Waals surface area contributed by atoms with Crippen LogP contribution < -0.4 is 4.90 Å². The van der Waals surface area contributed by atoms with Crippen LogP contribution in [0, 0.1) is 0 Å². The third-order valence-corrected chi connectivity index (χ3v) is 5.68. The van der Waals surface area contributed by atoms with Crippen molar-refractivity contribution in [2.24, 2.45) is 0 Å². The van der Waals surface area contributed by atoms with Crippen LogP contribution in [0.3, 0.4) is 0 Å². The SMILES string of the molecule is C=C/C=C\C(C)(/C=C\C=C)N(c1ccccc1)c1ccc2c(c1)CC(C=C)=C2CC. The first-order valence-corrected chi connectivity index (χ1v) is 10.5. The summed E-state index contributed by atoms with van der Waals surface area (Å²) in [6.45, 7) is 16.2. The van der Waals surface area contributed by atoms with E-state index in [1.54, 1.807) is 0 Å². The van der Waals surface area contributed by atoms with Gasteiger partial charge in [0, 0.05) is 11.4 Å². The topological polar surface area (TPSA) is 3.24 Å². The van der Waals surface area contributed by atoms with E-state index in [0.717, 1.165) is 24.2 Å². The molecule has 1 heteroatoms. The number of benzene rings is 2. The quantitative estimate of drug-likeness (QED) is 0.390. The predicted octanol–water partition coefficient (Wildman–Crippen LogP) is 7.97. The lowest BCUT2D eigenvalue weighted by molar-refractivity contribution is 0.700. The zero-order valence-corrected chi connectivity index (χ0v) is 18.1. The van der Waals surface area contributed by atoms with Gasteiger partial charge < -0.3 is 4.90 Å². The monoisotopic (exact) mass is 393 g/mol. The molecule has 3 rings (SSSR count). The molecule has 0 N–H and O–H groups in total. The van der Waals surface area contributed by atoms with Crippen molar-refractivity contribution in [1.29, 1.82) is 0 Å². The van der Waals surface area contributed by atoms with Crippen LogP contribution in [-0.2, 0) is 6.42 Å². The van der Waals surface area contributed by atoms with Gasteiger partial charge >= 0.3 is 0 Å². The smallest absolute Gasteiger partial charge is 0.0794 e. The van der Waals surface area contributed by atoms with E-state index >= 15 is 0 Å². The molecule has 1 nitrogen and oxygen atoms in total. The number of para-hydroxylation sites is 1. The lowest BCUT2D eigenvalue weighted by Gasteiger charge is -2.39. The average Bonchev–Trinajstić information content (AvgIpc) is 3.14. The van der Waals surface area contributed by atoms with Crippen LogP contribution in [0.1, 0.15) is 31.4 Å². The van der Waals surface area contributed by atoms with Gasteiger partial charge in [-0.15, -0.1) is 0 Å². The molecule has 0 atom stereocenters. The number of hydrogen-bond acceptors (Lipinski definition) is 1. The molecular weight excluding hydrogens is 362 g/mol. The maximum absolute atomic E-state index is 4.03. The van der Waals surface area contributed by atoms with Gasteiger partial charge in [-0.1, -0.05) is 93.5 Å². The molecule has 0 fully saturated rings. The van der Waals surface area contributed by atoms with Crippen LogP contribution in [0.15, 0.2) is 116 Å². The van der Waals surface area contributed by atoms with Gasteiger partial charge in [-0.05, 0) is 66.3 Å². The van der Waals surface area contributed by atoms with Crippen LogP contribution >= 0.6 is 0 Å². The van der Waals surface area contributed by atoms with E-state index in [4.69, 9.17) is 0 Å². The molecule has 0 aliphatic heterocycles. The van der Waals surface area contributed by atoms with Gasteiger partial charge in [0.1, 0.15) is 0 Å². The highest BCUT2D eigenvalue weighted by atomic mass is 15.2. The standard InChI is InChI=1S/C29H31N/c1-6-10-19-29(5,20-11-7-2)30(25-15-13-12-14-16-25)26-17-18-28-24(22-26)21-23(8-3)27(28)9-4/h6-8,10-20,22H,1-3,9,21H2,4-5H3/b19-10-,20-11-. The predicted molar refractivity (Wildman–Crippen MR) is 133 cm³/mol. The van der Waals surface area contributed by atoms with Gasteiger partial charge in [0.25, 0.3) is 0 Å². The second kappa shape index (κ2) is 9.45. The summed E-state index contributed by atoms with van der Waals surface area (Å²) in [5, 5.41) is 0.